The molecule has 2 nitrogen and oxygen atoms in total. The van der Waals surface area contributed by atoms with E-state index in [-0.39, 0.29) is 0 Å². The molecular weight excluding hydrogens is 280 g/mol. The molecule has 1 aliphatic rings. The van der Waals surface area contributed by atoms with Gasteiger partial charge in [0.25, 0.3) is 0 Å². The molecule has 21 heavy (non-hydrogen) atoms. The largest absolute Gasteiger partial charge is 0.357 e. The van der Waals surface area contributed by atoms with Gasteiger partial charge >= 0.3 is 0 Å². The molecule has 0 unspecified atom stereocenters. The second kappa shape index (κ2) is 7.51. The Hall–Kier alpha value is -0.730. The predicted molar refractivity (Wildman–Crippen MR) is 93.7 cm³/mol. The van der Waals surface area contributed by atoms with Gasteiger partial charge in [-0.25, -0.2) is 0 Å². The van der Waals surface area contributed by atoms with Crippen molar-refractivity contribution in [1.29, 1.82) is 0 Å². The van der Waals surface area contributed by atoms with Crippen LogP contribution in [0, 0.1) is 0 Å². The number of alkyl halides is 1. The number of nitrogens with zero attached hydrogens (tertiary/aromatic N) is 2. The molecule has 0 bridgehead atoms. The number of hydrogen-bond donors (Lipinski definition) is 0. The quantitative estimate of drug-likeness (QED) is 0.706. The van der Waals surface area contributed by atoms with E-state index >= 15 is 0 Å². The third-order valence-corrected chi connectivity index (χ3v) is 4.59. The van der Waals surface area contributed by atoms with E-state index in [0.717, 1.165) is 38.6 Å². The maximum Gasteiger partial charge on any atom is 0.0708 e. The number of rotatable bonds is 6. The third-order valence-electron chi connectivity index (χ3n) is 4.32. The Labute approximate surface area is 135 Å². The van der Waals surface area contributed by atoms with Gasteiger partial charge in [0.05, 0.1) is 6.67 Å². The molecule has 1 saturated heterocycles. The molecule has 0 aromatic heterocycles. The lowest BCUT2D eigenvalue weighted by atomic mass is 9.92. The third kappa shape index (κ3) is 3.92. The smallest absolute Gasteiger partial charge is 0.0708 e. The Bertz CT molecular complexity index is 430. The van der Waals surface area contributed by atoms with E-state index in [1.54, 1.807) is 0 Å². The van der Waals surface area contributed by atoms with Gasteiger partial charge in [-0.05, 0) is 29.4 Å². The summed E-state index contributed by atoms with van der Waals surface area (Å²) in [6.45, 7) is 13.6. The lowest BCUT2D eigenvalue weighted by molar-refractivity contribution is 0.343. The summed E-state index contributed by atoms with van der Waals surface area (Å²) in [5.74, 6) is 1.89. The summed E-state index contributed by atoms with van der Waals surface area (Å²) in [7, 11) is 0. The van der Waals surface area contributed by atoms with Gasteiger partial charge in [0.1, 0.15) is 0 Å². The van der Waals surface area contributed by atoms with Crippen LogP contribution in [-0.2, 0) is 0 Å². The molecule has 2 rings (SSSR count). The first-order valence-corrected chi connectivity index (χ1v) is 8.74. The van der Waals surface area contributed by atoms with E-state index in [0.29, 0.717) is 11.8 Å². The normalized spacial score (nSPS) is 16.4. The van der Waals surface area contributed by atoms with E-state index in [1.807, 2.05) is 0 Å². The van der Waals surface area contributed by atoms with Crippen molar-refractivity contribution < 1.29 is 0 Å². The van der Waals surface area contributed by atoms with Crippen molar-refractivity contribution in [3.63, 3.8) is 0 Å². The Balaban J connectivity index is 2.26. The fourth-order valence-electron chi connectivity index (χ4n) is 3.17. The van der Waals surface area contributed by atoms with Gasteiger partial charge in [0.15, 0.2) is 0 Å². The molecule has 0 atom stereocenters. The highest BCUT2D eigenvalue weighted by Crippen LogP contribution is 2.36. The van der Waals surface area contributed by atoms with Gasteiger partial charge in [-0.1, -0.05) is 45.9 Å². The van der Waals surface area contributed by atoms with Crippen LogP contribution in [0.25, 0.3) is 0 Å². The predicted octanol–water partition coefficient (Wildman–Crippen LogP) is 4.64. The maximum atomic E-state index is 5.83. The van der Waals surface area contributed by atoms with Crippen molar-refractivity contribution in [1.82, 2.24) is 4.90 Å². The number of anilines is 1. The summed E-state index contributed by atoms with van der Waals surface area (Å²) in [6.07, 6.45) is 1.08. The van der Waals surface area contributed by atoms with Crippen molar-refractivity contribution in [2.24, 2.45) is 0 Å². The summed E-state index contributed by atoms with van der Waals surface area (Å²) in [4.78, 5) is 5.09. The molecule has 1 aromatic rings. The zero-order valence-corrected chi connectivity index (χ0v) is 14.7. The molecule has 1 aromatic carbocycles. The Morgan fingerprint density at radius 1 is 1.05 bits per heavy atom. The first-order chi connectivity index (χ1) is 10.0. The van der Waals surface area contributed by atoms with Crippen LogP contribution in [0.3, 0.4) is 0 Å². The minimum atomic E-state index is 0.565. The first kappa shape index (κ1) is 16.6. The van der Waals surface area contributed by atoms with Crippen molar-refractivity contribution in [3.05, 3.63) is 29.3 Å². The van der Waals surface area contributed by atoms with Crippen molar-refractivity contribution in [2.45, 2.75) is 46.0 Å². The van der Waals surface area contributed by atoms with Gasteiger partial charge < -0.3 is 4.90 Å². The van der Waals surface area contributed by atoms with Crippen LogP contribution < -0.4 is 4.90 Å². The van der Waals surface area contributed by atoms with E-state index in [1.165, 1.54) is 16.8 Å². The van der Waals surface area contributed by atoms with E-state index in [9.17, 15) is 0 Å². The number of benzene rings is 1. The van der Waals surface area contributed by atoms with Crippen molar-refractivity contribution in [2.75, 3.05) is 37.1 Å². The van der Waals surface area contributed by atoms with E-state index in [4.69, 9.17) is 11.6 Å². The molecule has 0 aliphatic carbocycles. The van der Waals surface area contributed by atoms with E-state index < -0.39 is 0 Å². The monoisotopic (exact) mass is 308 g/mol. The van der Waals surface area contributed by atoms with Gasteiger partial charge in [0.2, 0.25) is 0 Å². The standard InChI is InChI=1S/C18H29ClN2/c1-14(2)16-7-5-8-17(15(3)4)18(16)21-12-11-20(13-21)10-6-9-19/h5,7-8,14-15H,6,9-13H2,1-4H3. The molecule has 0 amide bonds. The first-order valence-electron chi connectivity index (χ1n) is 8.20. The highest BCUT2D eigenvalue weighted by Gasteiger charge is 2.25. The zero-order valence-electron chi connectivity index (χ0n) is 13.9. The van der Waals surface area contributed by atoms with Crippen LogP contribution in [0.1, 0.15) is 57.1 Å². The van der Waals surface area contributed by atoms with Crippen molar-refractivity contribution in [3.8, 4) is 0 Å². The highest BCUT2D eigenvalue weighted by atomic mass is 35.5. The molecule has 0 radical (unpaired) electrons. The average molecular weight is 309 g/mol. The van der Waals surface area contributed by atoms with Crippen molar-refractivity contribution >= 4 is 17.3 Å². The van der Waals surface area contributed by atoms with Gasteiger partial charge in [-0.2, -0.15) is 0 Å². The molecule has 0 spiro atoms. The lowest BCUT2D eigenvalue weighted by Crippen LogP contribution is -2.28. The van der Waals surface area contributed by atoms with Gasteiger partial charge in [0, 0.05) is 31.2 Å². The van der Waals surface area contributed by atoms with Gasteiger partial charge in [-0.15, -0.1) is 11.6 Å². The highest BCUT2D eigenvalue weighted by molar-refractivity contribution is 6.17. The Morgan fingerprint density at radius 3 is 2.19 bits per heavy atom. The molecule has 1 aliphatic heterocycles. The average Bonchev–Trinajstić information content (AvgIpc) is 2.92. The zero-order chi connectivity index (χ0) is 15.4. The summed E-state index contributed by atoms with van der Waals surface area (Å²) in [5.41, 5.74) is 4.46. The number of para-hydroxylation sites is 1. The molecule has 1 heterocycles. The molecule has 3 heteroatoms. The second-order valence-electron chi connectivity index (χ2n) is 6.66. The second-order valence-corrected chi connectivity index (χ2v) is 7.04. The minimum Gasteiger partial charge on any atom is -0.357 e. The topological polar surface area (TPSA) is 6.48 Å². The fourth-order valence-corrected chi connectivity index (χ4v) is 3.29. The summed E-state index contributed by atoms with van der Waals surface area (Å²) in [5, 5.41) is 0. The summed E-state index contributed by atoms with van der Waals surface area (Å²) < 4.78 is 0. The molecule has 0 saturated carbocycles. The maximum absolute atomic E-state index is 5.83. The SMILES string of the molecule is CC(C)c1cccc(C(C)C)c1N1CCN(CCCCl)C1. The molecular formula is C18H29ClN2. The molecule has 1 fully saturated rings. The molecule has 0 N–H and O–H groups in total. The van der Waals surface area contributed by atoms with Crippen LogP contribution in [-0.4, -0.2) is 37.1 Å². The minimum absolute atomic E-state index is 0.565. The lowest BCUT2D eigenvalue weighted by Gasteiger charge is -2.28. The van der Waals surface area contributed by atoms with Gasteiger partial charge in [-0.3, -0.25) is 4.90 Å². The fraction of sp³-hybridized carbons (Fsp3) is 0.667. The van der Waals surface area contributed by atoms with Crippen LogP contribution in [0.4, 0.5) is 5.69 Å². The van der Waals surface area contributed by atoms with Crippen LogP contribution in [0.15, 0.2) is 18.2 Å². The molecule has 118 valence electrons. The van der Waals surface area contributed by atoms with E-state index in [2.05, 4.69) is 55.7 Å². The Kier molecular flexibility index (Phi) is 5.95. The number of halogens is 1. The van der Waals surface area contributed by atoms with Crippen LogP contribution in [0.2, 0.25) is 0 Å². The summed E-state index contributed by atoms with van der Waals surface area (Å²) >= 11 is 5.83. The number of hydrogen-bond acceptors (Lipinski definition) is 2. The van der Waals surface area contributed by atoms with Crippen LogP contribution >= 0.6 is 11.6 Å². The Morgan fingerprint density at radius 2 is 1.67 bits per heavy atom. The van der Waals surface area contributed by atoms with Crippen LogP contribution in [0.5, 0.6) is 0 Å². The summed E-state index contributed by atoms with van der Waals surface area (Å²) in [6, 6.07) is 6.82.